The van der Waals surface area contributed by atoms with E-state index in [0.29, 0.717) is 12.1 Å². The summed E-state index contributed by atoms with van der Waals surface area (Å²) in [6.07, 6.45) is 0. The summed E-state index contributed by atoms with van der Waals surface area (Å²) < 4.78 is 13.4. The van der Waals surface area contributed by atoms with E-state index in [9.17, 15) is 9.50 Å². The number of nitrogens with one attached hydrogen (secondary N) is 1. The molecule has 0 bridgehead atoms. The van der Waals surface area contributed by atoms with Crippen molar-refractivity contribution in [2.75, 3.05) is 5.32 Å². The van der Waals surface area contributed by atoms with Gasteiger partial charge in [-0.25, -0.2) is 4.39 Å². The van der Waals surface area contributed by atoms with Gasteiger partial charge in [0.1, 0.15) is 11.6 Å². The SMILES string of the molecule is Cc1cc(O)ccc1NCc1ccccc1F. The fourth-order valence-electron chi connectivity index (χ4n) is 1.68. The Balaban J connectivity index is 2.10. The summed E-state index contributed by atoms with van der Waals surface area (Å²) in [4.78, 5) is 0. The van der Waals surface area contributed by atoms with E-state index in [-0.39, 0.29) is 11.6 Å². The molecule has 0 saturated carbocycles. The Morgan fingerprint density at radius 1 is 1.18 bits per heavy atom. The van der Waals surface area contributed by atoms with Crippen LogP contribution in [0.5, 0.6) is 5.75 Å². The number of hydrogen-bond acceptors (Lipinski definition) is 2. The second-order valence-corrected chi connectivity index (χ2v) is 3.94. The summed E-state index contributed by atoms with van der Waals surface area (Å²) in [6.45, 7) is 2.32. The molecule has 0 spiro atoms. The van der Waals surface area contributed by atoms with Crippen LogP contribution in [0.3, 0.4) is 0 Å². The van der Waals surface area contributed by atoms with Crippen molar-refractivity contribution in [1.82, 2.24) is 0 Å². The first kappa shape index (κ1) is 11.5. The third-order valence-corrected chi connectivity index (χ3v) is 2.64. The van der Waals surface area contributed by atoms with Crippen molar-refractivity contribution in [1.29, 1.82) is 0 Å². The van der Waals surface area contributed by atoms with Crippen LogP contribution in [0.1, 0.15) is 11.1 Å². The Labute approximate surface area is 99.7 Å². The number of hydrogen-bond donors (Lipinski definition) is 2. The molecule has 2 aromatic carbocycles. The molecule has 0 aliphatic rings. The Kier molecular flexibility index (Phi) is 3.28. The molecule has 0 aliphatic heterocycles. The maximum atomic E-state index is 13.4. The molecular formula is C14H14FNO. The zero-order valence-electron chi connectivity index (χ0n) is 9.57. The van der Waals surface area contributed by atoms with Gasteiger partial charge in [0.15, 0.2) is 0 Å². The molecule has 0 heterocycles. The third-order valence-electron chi connectivity index (χ3n) is 2.64. The summed E-state index contributed by atoms with van der Waals surface area (Å²) in [5.41, 5.74) is 2.45. The zero-order chi connectivity index (χ0) is 12.3. The van der Waals surface area contributed by atoms with Crippen LogP contribution in [0, 0.1) is 12.7 Å². The van der Waals surface area contributed by atoms with Gasteiger partial charge in [0.2, 0.25) is 0 Å². The summed E-state index contributed by atoms with van der Waals surface area (Å²) in [5, 5.41) is 12.4. The van der Waals surface area contributed by atoms with Crippen LogP contribution in [0.15, 0.2) is 42.5 Å². The lowest BCUT2D eigenvalue weighted by atomic mass is 10.1. The molecule has 88 valence electrons. The summed E-state index contributed by atoms with van der Waals surface area (Å²) in [6, 6.07) is 11.7. The van der Waals surface area contributed by atoms with E-state index in [4.69, 9.17) is 0 Å². The van der Waals surface area contributed by atoms with Crippen molar-refractivity contribution in [3.63, 3.8) is 0 Å². The van der Waals surface area contributed by atoms with Crippen molar-refractivity contribution in [2.24, 2.45) is 0 Å². The molecule has 3 heteroatoms. The van der Waals surface area contributed by atoms with Crippen LogP contribution in [0.4, 0.5) is 10.1 Å². The first-order chi connectivity index (χ1) is 8.16. The highest BCUT2D eigenvalue weighted by molar-refractivity contribution is 5.53. The van der Waals surface area contributed by atoms with Crippen molar-refractivity contribution in [3.8, 4) is 5.75 Å². The minimum absolute atomic E-state index is 0.212. The monoisotopic (exact) mass is 231 g/mol. The average Bonchev–Trinajstić information content (AvgIpc) is 2.30. The molecule has 0 aromatic heterocycles. The second kappa shape index (κ2) is 4.87. The highest BCUT2D eigenvalue weighted by Crippen LogP contribution is 2.21. The maximum Gasteiger partial charge on any atom is 0.128 e. The van der Waals surface area contributed by atoms with E-state index in [2.05, 4.69) is 5.32 Å². The molecule has 2 N–H and O–H groups in total. The molecule has 2 rings (SSSR count). The third kappa shape index (κ3) is 2.75. The minimum atomic E-state index is -0.212. The number of benzene rings is 2. The van der Waals surface area contributed by atoms with Gasteiger partial charge in [-0.05, 0) is 36.8 Å². The summed E-state index contributed by atoms with van der Waals surface area (Å²) in [7, 11) is 0. The van der Waals surface area contributed by atoms with Crippen molar-refractivity contribution in [2.45, 2.75) is 13.5 Å². The molecule has 0 amide bonds. The van der Waals surface area contributed by atoms with Crippen LogP contribution in [0.25, 0.3) is 0 Å². The fraction of sp³-hybridized carbons (Fsp3) is 0.143. The number of phenols is 1. The lowest BCUT2D eigenvalue weighted by molar-refractivity contribution is 0.475. The topological polar surface area (TPSA) is 32.3 Å². The molecule has 2 nitrogen and oxygen atoms in total. The van der Waals surface area contributed by atoms with E-state index in [1.165, 1.54) is 6.07 Å². The quantitative estimate of drug-likeness (QED) is 0.793. The molecule has 2 aromatic rings. The van der Waals surface area contributed by atoms with Crippen LogP contribution in [-0.2, 0) is 6.54 Å². The van der Waals surface area contributed by atoms with E-state index < -0.39 is 0 Å². The standard InChI is InChI=1S/C14H14FNO/c1-10-8-12(17)6-7-14(10)16-9-11-4-2-3-5-13(11)15/h2-8,16-17H,9H2,1H3. The van der Waals surface area contributed by atoms with Gasteiger partial charge in [-0.1, -0.05) is 18.2 Å². The number of aromatic hydroxyl groups is 1. The number of aryl methyl sites for hydroxylation is 1. The van der Waals surface area contributed by atoms with Crippen molar-refractivity contribution >= 4 is 5.69 Å². The summed E-state index contributed by atoms with van der Waals surface area (Å²) >= 11 is 0. The Morgan fingerprint density at radius 2 is 1.94 bits per heavy atom. The van der Waals surface area contributed by atoms with Gasteiger partial charge in [0.25, 0.3) is 0 Å². The number of phenolic OH excluding ortho intramolecular Hbond substituents is 1. The lowest BCUT2D eigenvalue weighted by Gasteiger charge is -2.10. The molecule has 0 atom stereocenters. The van der Waals surface area contributed by atoms with Crippen LogP contribution in [0.2, 0.25) is 0 Å². The Bertz CT molecular complexity index is 525. The molecule has 0 radical (unpaired) electrons. The number of rotatable bonds is 3. The average molecular weight is 231 g/mol. The molecule has 0 unspecified atom stereocenters. The van der Waals surface area contributed by atoms with Gasteiger partial charge < -0.3 is 10.4 Å². The minimum Gasteiger partial charge on any atom is -0.508 e. The predicted molar refractivity (Wildman–Crippen MR) is 66.6 cm³/mol. The first-order valence-electron chi connectivity index (χ1n) is 5.44. The molecule has 17 heavy (non-hydrogen) atoms. The highest BCUT2D eigenvalue weighted by Gasteiger charge is 2.02. The molecule has 0 saturated heterocycles. The van der Waals surface area contributed by atoms with Gasteiger partial charge in [-0.15, -0.1) is 0 Å². The second-order valence-electron chi connectivity index (χ2n) is 3.94. The first-order valence-corrected chi connectivity index (χ1v) is 5.44. The van der Waals surface area contributed by atoms with Crippen LogP contribution >= 0.6 is 0 Å². The van der Waals surface area contributed by atoms with E-state index in [1.807, 2.05) is 13.0 Å². The zero-order valence-corrected chi connectivity index (χ0v) is 9.57. The molecule has 0 aliphatic carbocycles. The Hall–Kier alpha value is -2.03. The van der Waals surface area contributed by atoms with Gasteiger partial charge in [0.05, 0.1) is 0 Å². The highest BCUT2D eigenvalue weighted by atomic mass is 19.1. The summed E-state index contributed by atoms with van der Waals surface area (Å²) in [5.74, 6) is 0.0235. The molecule has 0 fully saturated rings. The van der Waals surface area contributed by atoms with E-state index in [0.717, 1.165) is 11.3 Å². The molecular weight excluding hydrogens is 217 g/mol. The van der Waals surface area contributed by atoms with Crippen LogP contribution in [-0.4, -0.2) is 5.11 Å². The number of halogens is 1. The smallest absolute Gasteiger partial charge is 0.128 e. The lowest BCUT2D eigenvalue weighted by Crippen LogP contribution is -2.02. The van der Waals surface area contributed by atoms with Crippen molar-refractivity contribution < 1.29 is 9.50 Å². The normalized spacial score (nSPS) is 10.2. The maximum absolute atomic E-state index is 13.4. The van der Waals surface area contributed by atoms with Crippen LogP contribution < -0.4 is 5.32 Å². The van der Waals surface area contributed by atoms with E-state index in [1.54, 1.807) is 30.3 Å². The Morgan fingerprint density at radius 3 is 2.65 bits per heavy atom. The fourth-order valence-corrected chi connectivity index (χ4v) is 1.68. The van der Waals surface area contributed by atoms with Gasteiger partial charge in [-0.3, -0.25) is 0 Å². The van der Waals surface area contributed by atoms with Gasteiger partial charge >= 0.3 is 0 Å². The van der Waals surface area contributed by atoms with Gasteiger partial charge in [0, 0.05) is 17.8 Å². The van der Waals surface area contributed by atoms with E-state index >= 15 is 0 Å². The van der Waals surface area contributed by atoms with Crippen molar-refractivity contribution in [3.05, 3.63) is 59.4 Å². The van der Waals surface area contributed by atoms with Gasteiger partial charge in [-0.2, -0.15) is 0 Å². The predicted octanol–water partition coefficient (Wildman–Crippen LogP) is 3.45. The number of anilines is 1. The largest absolute Gasteiger partial charge is 0.508 e.